The molecule has 7 heteroatoms. The topological polar surface area (TPSA) is 40.7 Å². The number of aromatic amines is 1. The highest BCUT2D eigenvalue weighted by Gasteiger charge is 2.07. The Bertz CT molecular complexity index is 758. The van der Waals surface area contributed by atoms with E-state index in [2.05, 4.69) is 15.3 Å². The molecule has 2 aromatic carbocycles. The molecule has 0 saturated heterocycles. The van der Waals surface area contributed by atoms with Crippen molar-refractivity contribution >= 4 is 46.7 Å². The molecule has 3 nitrogen and oxygen atoms in total. The van der Waals surface area contributed by atoms with E-state index in [-0.39, 0.29) is 18.1 Å². The van der Waals surface area contributed by atoms with E-state index in [4.69, 9.17) is 11.6 Å². The van der Waals surface area contributed by atoms with Crippen molar-refractivity contribution in [3.05, 3.63) is 53.1 Å². The minimum Gasteiger partial charge on any atom is -0.324 e. The normalized spacial score (nSPS) is 10.3. The van der Waals surface area contributed by atoms with E-state index < -0.39 is 11.6 Å². The fourth-order valence-electron chi connectivity index (χ4n) is 1.76. The van der Waals surface area contributed by atoms with Gasteiger partial charge in [-0.15, -0.1) is 12.4 Å². The standard InChI is InChI=1S/C13H8ClF2N3.ClH/c14-7-1-3-11-12(5-7)19-13(18-11)17-10-4-2-8(15)6-9(10)16;/h1-6H,(H2,17,18,19);1H. The zero-order chi connectivity index (χ0) is 13.4. The van der Waals surface area contributed by atoms with Gasteiger partial charge >= 0.3 is 0 Å². The van der Waals surface area contributed by atoms with Crippen LogP contribution in [0.4, 0.5) is 20.4 Å². The minimum absolute atomic E-state index is 0. The summed E-state index contributed by atoms with van der Waals surface area (Å²) in [5.74, 6) is -0.944. The van der Waals surface area contributed by atoms with Crippen molar-refractivity contribution in [3.63, 3.8) is 0 Å². The lowest BCUT2D eigenvalue weighted by Gasteiger charge is -2.03. The molecule has 0 aliphatic rings. The molecule has 0 aliphatic heterocycles. The monoisotopic (exact) mass is 315 g/mol. The predicted molar refractivity (Wildman–Crippen MR) is 78.0 cm³/mol. The lowest BCUT2D eigenvalue weighted by molar-refractivity contribution is 0.586. The second-order valence-corrected chi connectivity index (χ2v) is 4.43. The molecule has 0 fully saturated rings. The highest BCUT2D eigenvalue weighted by molar-refractivity contribution is 6.31. The molecule has 3 aromatic rings. The molecule has 0 aliphatic carbocycles. The van der Waals surface area contributed by atoms with E-state index in [1.807, 2.05) is 0 Å². The number of nitrogens with zero attached hydrogens (tertiary/aromatic N) is 1. The summed E-state index contributed by atoms with van der Waals surface area (Å²) in [4.78, 5) is 7.19. The Balaban J connectivity index is 0.00000147. The number of nitrogens with one attached hydrogen (secondary N) is 2. The average molecular weight is 316 g/mol. The molecule has 0 atom stereocenters. The molecule has 0 unspecified atom stereocenters. The van der Waals surface area contributed by atoms with E-state index in [0.29, 0.717) is 16.5 Å². The predicted octanol–water partition coefficient (Wildman–Crippen LogP) is 4.66. The molecule has 0 bridgehead atoms. The molecule has 2 N–H and O–H groups in total. The molecule has 1 aromatic heterocycles. The van der Waals surface area contributed by atoms with Crippen LogP contribution in [0.3, 0.4) is 0 Å². The summed E-state index contributed by atoms with van der Waals surface area (Å²) < 4.78 is 26.3. The van der Waals surface area contributed by atoms with E-state index in [9.17, 15) is 8.78 Å². The van der Waals surface area contributed by atoms with Crippen LogP contribution in [0, 0.1) is 11.6 Å². The first-order chi connectivity index (χ1) is 9.11. The van der Waals surface area contributed by atoms with Gasteiger partial charge in [0.1, 0.15) is 11.6 Å². The van der Waals surface area contributed by atoms with Gasteiger partial charge in [-0.25, -0.2) is 13.8 Å². The van der Waals surface area contributed by atoms with Crippen molar-refractivity contribution in [1.82, 2.24) is 9.97 Å². The molecular formula is C13H9Cl2F2N3. The van der Waals surface area contributed by atoms with Crippen LogP contribution in [0.5, 0.6) is 0 Å². The van der Waals surface area contributed by atoms with Gasteiger partial charge in [-0.05, 0) is 30.3 Å². The number of benzene rings is 2. The number of H-pyrrole nitrogens is 1. The van der Waals surface area contributed by atoms with Crippen LogP contribution in [0.2, 0.25) is 5.02 Å². The summed E-state index contributed by atoms with van der Waals surface area (Å²) in [5.41, 5.74) is 1.58. The van der Waals surface area contributed by atoms with Gasteiger partial charge in [-0.3, -0.25) is 0 Å². The maximum Gasteiger partial charge on any atom is 0.205 e. The Morgan fingerprint density at radius 1 is 1.10 bits per heavy atom. The van der Waals surface area contributed by atoms with Crippen LogP contribution in [0.15, 0.2) is 36.4 Å². The Morgan fingerprint density at radius 2 is 1.90 bits per heavy atom. The first-order valence-electron chi connectivity index (χ1n) is 5.49. The van der Waals surface area contributed by atoms with E-state index in [1.54, 1.807) is 18.2 Å². The Morgan fingerprint density at radius 3 is 2.65 bits per heavy atom. The molecule has 20 heavy (non-hydrogen) atoms. The van der Waals surface area contributed by atoms with Gasteiger partial charge in [0, 0.05) is 11.1 Å². The fourth-order valence-corrected chi connectivity index (χ4v) is 1.93. The maximum absolute atomic E-state index is 13.5. The summed E-state index contributed by atoms with van der Waals surface area (Å²) in [5, 5.41) is 3.34. The molecule has 104 valence electrons. The zero-order valence-corrected chi connectivity index (χ0v) is 11.5. The summed E-state index contributed by atoms with van der Waals surface area (Å²) >= 11 is 5.86. The highest BCUT2D eigenvalue weighted by atomic mass is 35.5. The van der Waals surface area contributed by atoms with Crippen molar-refractivity contribution in [2.75, 3.05) is 5.32 Å². The third kappa shape index (κ3) is 2.84. The summed E-state index contributed by atoms with van der Waals surface area (Å²) in [6, 6.07) is 8.47. The first-order valence-corrected chi connectivity index (χ1v) is 5.87. The number of hydrogen-bond donors (Lipinski definition) is 2. The lowest BCUT2D eigenvalue weighted by atomic mass is 10.3. The number of aromatic nitrogens is 2. The fraction of sp³-hybridized carbons (Fsp3) is 0. The highest BCUT2D eigenvalue weighted by Crippen LogP contribution is 2.23. The largest absolute Gasteiger partial charge is 0.324 e. The smallest absolute Gasteiger partial charge is 0.205 e. The molecule has 0 saturated carbocycles. The Hall–Kier alpha value is -1.85. The third-order valence-corrected chi connectivity index (χ3v) is 2.86. The van der Waals surface area contributed by atoms with Gasteiger partial charge in [0.15, 0.2) is 0 Å². The summed E-state index contributed by atoms with van der Waals surface area (Å²) in [6.45, 7) is 0. The lowest BCUT2D eigenvalue weighted by Crippen LogP contribution is -1.95. The van der Waals surface area contributed by atoms with Gasteiger partial charge in [0.05, 0.1) is 16.7 Å². The Labute approximate surface area is 124 Å². The number of imidazole rings is 1. The molecule has 0 amide bonds. The van der Waals surface area contributed by atoms with Crippen LogP contribution < -0.4 is 5.32 Å². The second kappa shape index (κ2) is 5.64. The number of fused-ring (bicyclic) bond motifs is 1. The summed E-state index contributed by atoms with van der Waals surface area (Å²) in [6.07, 6.45) is 0. The van der Waals surface area contributed by atoms with Crippen LogP contribution in [0.1, 0.15) is 0 Å². The van der Waals surface area contributed by atoms with Crippen molar-refractivity contribution in [2.45, 2.75) is 0 Å². The van der Waals surface area contributed by atoms with Gasteiger partial charge < -0.3 is 10.3 Å². The zero-order valence-electron chi connectivity index (χ0n) is 9.95. The second-order valence-electron chi connectivity index (χ2n) is 4.00. The number of rotatable bonds is 2. The number of anilines is 2. The van der Waals surface area contributed by atoms with Gasteiger partial charge in [-0.2, -0.15) is 0 Å². The van der Waals surface area contributed by atoms with Crippen molar-refractivity contribution < 1.29 is 8.78 Å². The molecule has 0 radical (unpaired) electrons. The van der Waals surface area contributed by atoms with Crippen LogP contribution in [-0.2, 0) is 0 Å². The average Bonchev–Trinajstić information content (AvgIpc) is 2.74. The van der Waals surface area contributed by atoms with Crippen molar-refractivity contribution in [3.8, 4) is 0 Å². The molecule has 3 rings (SSSR count). The first kappa shape index (κ1) is 14.6. The van der Waals surface area contributed by atoms with Gasteiger partial charge in [0.2, 0.25) is 5.95 Å². The maximum atomic E-state index is 13.5. The van der Waals surface area contributed by atoms with Gasteiger partial charge in [-0.1, -0.05) is 11.6 Å². The SMILES string of the molecule is Cl.Fc1ccc(Nc2nc3ccc(Cl)cc3[nH]2)c(F)c1. The van der Waals surface area contributed by atoms with E-state index in [0.717, 1.165) is 11.6 Å². The van der Waals surface area contributed by atoms with Crippen LogP contribution in [0.25, 0.3) is 11.0 Å². The molecule has 0 spiro atoms. The molecule has 1 heterocycles. The Kier molecular flexibility index (Phi) is 4.11. The molecular weight excluding hydrogens is 307 g/mol. The van der Waals surface area contributed by atoms with Crippen molar-refractivity contribution in [2.24, 2.45) is 0 Å². The van der Waals surface area contributed by atoms with Crippen LogP contribution in [-0.4, -0.2) is 9.97 Å². The van der Waals surface area contributed by atoms with E-state index >= 15 is 0 Å². The number of hydrogen-bond acceptors (Lipinski definition) is 2. The van der Waals surface area contributed by atoms with E-state index in [1.165, 1.54) is 12.1 Å². The van der Waals surface area contributed by atoms with Crippen molar-refractivity contribution in [1.29, 1.82) is 0 Å². The minimum atomic E-state index is -0.682. The quantitative estimate of drug-likeness (QED) is 0.722. The number of halogens is 4. The summed E-state index contributed by atoms with van der Waals surface area (Å²) in [7, 11) is 0. The van der Waals surface area contributed by atoms with Gasteiger partial charge in [0.25, 0.3) is 0 Å². The van der Waals surface area contributed by atoms with Crippen LogP contribution >= 0.6 is 24.0 Å². The third-order valence-electron chi connectivity index (χ3n) is 2.63.